The molecule has 0 aliphatic rings. The van der Waals surface area contributed by atoms with Gasteiger partial charge in [-0.1, -0.05) is 30.3 Å². The van der Waals surface area contributed by atoms with Gasteiger partial charge in [-0.15, -0.1) is 0 Å². The fraction of sp³-hybridized carbons (Fsp3) is 0.263. The van der Waals surface area contributed by atoms with Crippen LogP contribution in [0.25, 0.3) is 0 Å². The highest BCUT2D eigenvalue weighted by Crippen LogP contribution is 2.20. The first kappa shape index (κ1) is 19.9. The Morgan fingerprint density at radius 3 is 2.41 bits per heavy atom. The Balaban J connectivity index is 2.02. The van der Waals surface area contributed by atoms with E-state index in [9.17, 15) is 19.7 Å². The van der Waals surface area contributed by atoms with E-state index in [1.165, 1.54) is 6.07 Å². The molecule has 2 rings (SSSR count). The number of anilines is 1. The van der Waals surface area contributed by atoms with E-state index in [4.69, 9.17) is 10.5 Å². The highest BCUT2D eigenvalue weighted by atomic mass is 16.6. The van der Waals surface area contributed by atoms with Gasteiger partial charge >= 0.3 is 5.97 Å². The maximum absolute atomic E-state index is 12.5. The summed E-state index contributed by atoms with van der Waals surface area (Å²) in [5, 5.41) is 10.7. The summed E-state index contributed by atoms with van der Waals surface area (Å²) in [5.74, 6) is -1.15. The number of carbonyl (C=O) groups excluding carboxylic acids is 2. The third-order valence-electron chi connectivity index (χ3n) is 3.93. The molecule has 2 N–H and O–H groups in total. The monoisotopic (exact) mass is 371 g/mol. The van der Waals surface area contributed by atoms with Gasteiger partial charge in [0.25, 0.3) is 11.6 Å². The normalized spacial score (nSPS) is 10.5. The van der Waals surface area contributed by atoms with Crippen molar-refractivity contribution < 1.29 is 19.2 Å². The third kappa shape index (κ3) is 5.27. The Bertz CT molecular complexity index is 836. The molecule has 0 saturated heterocycles. The summed E-state index contributed by atoms with van der Waals surface area (Å²) < 4.78 is 5.06. The van der Waals surface area contributed by atoms with Crippen LogP contribution in [0.4, 0.5) is 11.4 Å². The lowest BCUT2D eigenvalue weighted by molar-refractivity contribution is -0.384. The van der Waals surface area contributed by atoms with Crippen molar-refractivity contribution in [1.29, 1.82) is 0 Å². The second-order valence-electron chi connectivity index (χ2n) is 6.21. The maximum atomic E-state index is 12.5. The topological polar surface area (TPSA) is 116 Å². The molecule has 2 aromatic carbocycles. The molecule has 2 aromatic rings. The van der Waals surface area contributed by atoms with E-state index in [2.05, 4.69) is 0 Å². The minimum atomic E-state index is -0.806. The van der Waals surface area contributed by atoms with Crippen molar-refractivity contribution in [2.24, 2.45) is 0 Å². The highest BCUT2D eigenvalue weighted by molar-refractivity contribution is 5.96. The number of nitrogen functional groups attached to an aromatic ring is 1. The molecular formula is C19H21N3O5. The molecule has 0 aliphatic heterocycles. The van der Waals surface area contributed by atoms with Gasteiger partial charge in [0.1, 0.15) is 0 Å². The van der Waals surface area contributed by atoms with Crippen molar-refractivity contribution in [2.45, 2.75) is 26.4 Å². The van der Waals surface area contributed by atoms with E-state index in [-0.39, 0.29) is 28.9 Å². The molecule has 0 aliphatic carbocycles. The number of carbonyl (C=O) groups is 2. The van der Waals surface area contributed by atoms with E-state index in [0.717, 1.165) is 17.7 Å². The number of hydrogen-bond donors (Lipinski definition) is 1. The van der Waals surface area contributed by atoms with Crippen LogP contribution in [0.15, 0.2) is 48.5 Å². The van der Waals surface area contributed by atoms with Gasteiger partial charge in [0.05, 0.1) is 16.2 Å². The molecule has 0 unspecified atom stereocenters. The molecule has 0 saturated carbocycles. The lowest BCUT2D eigenvalue weighted by Gasteiger charge is -2.26. The molecule has 142 valence electrons. The number of amides is 1. The molecule has 8 nitrogen and oxygen atoms in total. The summed E-state index contributed by atoms with van der Waals surface area (Å²) in [5.41, 5.74) is 6.31. The van der Waals surface area contributed by atoms with Crippen LogP contribution in [0.3, 0.4) is 0 Å². The van der Waals surface area contributed by atoms with Crippen molar-refractivity contribution in [2.75, 3.05) is 12.3 Å². The van der Waals surface area contributed by atoms with E-state index in [1.807, 2.05) is 44.2 Å². The van der Waals surface area contributed by atoms with Gasteiger partial charge in [-0.3, -0.25) is 14.9 Å². The van der Waals surface area contributed by atoms with E-state index < -0.39 is 17.5 Å². The van der Waals surface area contributed by atoms with Crippen LogP contribution in [-0.4, -0.2) is 34.3 Å². The predicted molar refractivity (Wildman–Crippen MR) is 99.9 cm³/mol. The number of rotatable bonds is 7. The second kappa shape index (κ2) is 8.79. The fourth-order valence-electron chi connectivity index (χ4n) is 2.48. The van der Waals surface area contributed by atoms with Gasteiger partial charge in [-0.2, -0.15) is 0 Å². The highest BCUT2D eigenvalue weighted by Gasteiger charge is 2.21. The van der Waals surface area contributed by atoms with Crippen LogP contribution in [0, 0.1) is 10.1 Å². The number of nitrogens with two attached hydrogens (primary N) is 1. The number of hydrogen-bond acceptors (Lipinski definition) is 6. The second-order valence-corrected chi connectivity index (χ2v) is 6.21. The Morgan fingerprint density at radius 2 is 1.85 bits per heavy atom. The molecule has 0 atom stereocenters. The van der Waals surface area contributed by atoms with Gasteiger partial charge in [0.2, 0.25) is 0 Å². The van der Waals surface area contributed by atoms with Crippen LogP contribution < -0.4 is 5.73 Å². The SMILES string of the molecule is CC(C)N(Cc1ccccc1)C(=O)COC(=O)c1ccc([N+](=O)[O-])cc1N. The minimum absolute atomic E-state index is 0.0208. The van der Waals surface area contributed by atoms with Gasteiger partial charge in [0.15, 0.2) is 6.61 Å². The molecule has 0 bridgehead atoms. The molecule has 0 heterocycles. The van der Waals surface area contributed by atoms with Gasteiger partial charge < -0.3 is 15.4 Å². The lowest BCUT2D eigenvalue weighted by atomic mass is 10.1. The number of ether oxygens (including phenoxy) is 1. The standard InChI is InChI=1S/C19H21N3O5/c1-13(2)21(11-14-6-4-3-5-7-14)18(23)12-27-19(24)16-9-8-15(22(25)26)10-17(16)20/h3-10,13H,11-12,20H2,1-2H3. The third-order valence-corrected chi connectivity index (χ3v) is 3.93. The molecular weight excluding hydrogens is 350 g/mol. The Hall–Kier alpha value is -3.42. The van der Waals surface area contributed by atoms with Crippen molar-refractivity contribution in [1.82, 2.24) is 4.90 Å². The van der Waals surface area contributed by atoms with Crippen LogP contribution in [0.1, 0.15) is 29.8 Å². The zero-order valence-corrected chi connectivity index (χ0v) is 15.1. The van der Waals surface area contributed by atoms with Gasteiger partial charge in [-0.25, -0.2) is 4.79 Å². The van der Waals surface area contributed by atoms with E-state index in [1.54, 1.807) is 4.90 Å². The smallest absolute Gasteiger partial charge is 0.340 e. The summed E-state index contributed by atoms with van der Waals surface area (Å²) in [6, 6.07) is 12.8. The summed E-state index contributed by atoms with van der Waals surface area (Å²) in [6.45, 7) is 3.70. The maximum Gasteiger partial charge on any atom is 0.340 e. The quantitative estimate of drug-likeness (QED) is 0.346. The lowest BCUT2D eigenvalue weighted by Crippen LogP contribution is -2.39. The number of non-ortho nitro benzene ring substituents is 1. The summed E-state index contributed by atoms with van der Waals surface area (Å²) in [4.78, 5) is 36.3. The van der Waals surface area contributed by atoms with E-state index in [0.29, 0.717) is 6.54 Å². The van der Waals surface area contributed by atoms with E-state index >= 15 is 0 Å². The van der Waals surface area contributed by atoms with Crippen LogP contribution in [0.2, 0.25) is 0 Å². The zero-order chi connectivity index (χ0) is 20.0. The largest absolute Gasteiger partial charge is 0.452 e. The number of nitrogens with zero attached hydrogens (tertiary/aromatic N) is 2. The first-order valence-electron chi connectivity index (χ1n) is 8.34. The molecule has 0 radical (unpaired) electrons. The average Bonchev–Trinajstić information content (AvgIpc) is 2.64. The number of esters is 1. The molecule has 0 spiro atoms. The van der Waals surface area contributed by atoms with Crippen LogP contribution in [0.5, 0.6) is 0 Å². The average molecular weight is 371 g/mol. The zero-order valence-electron chi connectivity index (χ0n) is 15.1. The first-order chi connectivity index (χ1) is 12.8. The first-order valence-corrected chi connectivity index (χ1v) is 8.34. The molecule has 8 heteroatoms. The van der Waals surface area contributed by atoms with Crippen LogP contribution >= 0.6 is 0 Å². The minimum Gasteiger partial charge on any atom is -0.452 e. The predicted octanol–water partition coefficient (Wildman–Crippen LogP) is 2.77. The Morgan fingerprint density at radius 1 is 1.19 bits per heavy atom. The Labute approximate surface area is 156 Å². The van der Waals surface area contributed by atoms with Crippen molar-refractivity contribution >= 4 is 23.3 Å². The van der Waals surface area contributed by atoms with Crippen LogP contribution in [-0.2, 0) is 16.1 Å². The van der Waals surface area contributed by atoms with Gasteiger partial charge in [0, 0.05) is 24.7 Å². The number of nitro groups is 1. The summed E-state index contributed by atoms with van der Waals surface area (Å²) >= 11 is 0. The molecule has 1 amide bonds. The molecule has 27 heavy (non-hydrogen) atoms. The number of benzene rings is 2. The fourth-order valence-corrected chi connectivity index (χ4v) is 2.48. The van der Waals surface area contributed by atoms with Crippen molar-refractivity contribution in [3.05, 3.63) is 69.8 Å². The summed E-state index contributed by atoms with van der Waals surface area (Å²) in [7, 11) is 0. The molecule has 0 aromatic heterocycles. The van der Waals surface area contributed by atoms with Gasteiger partial charge in [-0.05, 0) is 25.5 Å². The summed E-state index contributed by atoms with van der Waals surface area (Å²) in [6.07, 6.45) is 0. The van der Waals surface area contributed by atoms with Crippen molar-refractivity contribution in [3.63, 3.8) is 0 Å². The number of nitro benzene ring substituents is 1. The molecule has 0 fully saturated rings. The van der Waals surface area contributed by atoms with Crippen molar-refractivity contribution in [3.8, 4) is 0 Å². The Kier molecular flexibility index (Phi) is 6.48.